The van der Waals surface area contributed by atoms with Crippen molar-refractivity contribution in [1.82, 2.24) is 5.32 Å². The predicted molar refractivity (Wildman–Crippen MR) is 99.1 cm³/mol. The highest BCUT2D eigenvalue weighted by molar-refractivity contribution is 5.79. The summed E-state index contributed by atoms with van der Waals surface area (Å²) < 4.78 is 5.42. The molecule has 1 aliphatic rings. The monoisotopic (exact) mass is 353 g/mol. The number of amides is 1. The smallest absolute Gasteiger partial charge is 0.407 e. The lowest BCUT2D eigenvalue weighted by Crippen LogP contribution is -2.41. The Balaban J connectivity index is 1.67. The van der Waals surface area contributed by atoms with Crippen LogP contribution in [-0.2, 0) is 9.53 Å². The van der Waals surface area contributed by atoms with Crippen LogP contribution in [0.3, 0.4) is 0 Å². The Morgan fingerprint density at radius 3 is 2.12 bits per heavy atom. The van der Waals surface area contributed by atoms with Crippen molar-refractivity contribution in [3.8, 4) is 11.1 Å². The third-order valence-corrected chi connectivity index (χ3v) is 5.26. The van der Waals surface area contributed by atoms with Gasteiger partial charge in [-0.05, 0) is 35.6 Å². The summed E-state index contributed by atoms with van der Waals surface area (Å²) in [5.74, 6) is -0.941. The van der Waals surface area contributed by atoms with Crippen LogP contribution in [-0.4, -0.2) is 30.3 Å². The number of carboxylic acid groups (broad SMARTS) is 1. The largest absolute Gasteiger partial charge is 0.481 e. The Hall–Kier alpha value is -2.82. The fourth-order valence-corrected chi connectivity index (χ4v) is 3.27. The van der Waals surface area contributed by atoms with Crippen LogP contribution < -0.4 is 5.32 Å². The molecule has 2 N–H and O–H groups in total. The molecule has 1 atom stereocenters. The number of carboxylic acids is 1. The topological polar surface area (TPSA) is 75.6 Å². The quantitative estimate of drug-likeness (QED) is 0.822. The molecule has 0 saturated heterocycles. The molecule has 0 aliphatic heterocycles. The van der Waals surface area contributed by atoms with E-state index in [0.717, 1.165) is 11.1 Å². The SMILES string of the molecule is CCC(C)(CNC(=O)OCC1c2ccccc2-c2ccccc21)C(=O)O. The lowest BCUT2D eigenvalue weighted by molar-refractivity contribution is -0.147. The number of aliphatic carboxylic acids is 1. The zero-order chi connectivity index (χ0) is 18.7. The molecule has 0 aromatic heterocycles. The third kappa shape index (κ3) is 3.29. The number of benzene rings is 2. The minimum Gasteiger partial charge on any atom is -0.481 e. The molecule has 3 rings (SSSR count). The first kappa shape index (κ1) is 18.0. The van der Waals surface area contributed by atoms with Crippen LogP contribution in [0.1, 0.15) is 37.3 Å². The number of ether oxygens (including phenoxy) is 1. The van der Waals surface area contributed by atoms with Gasteiger partial charge in [0.25, 0.3) is 0 Å². The van der Waals surface area contributed by atoms with Gasteiger partial charge in [0.05, 0.1) is 5.41 Å². The molecule has 5 heteroatoms. The lowest BCUT2D eigenvalue weighted by atomic mass is 9.88. The van der Waals surface area contributed by atoms with Crippen LogP contribution in [0.5, 0.6) is 0 Å². The summed E-state index contributed by atoms with van der Waals surface area (Å²) in [7, 11) is 0. The lowest BCUT2D eigenvalue weighted by Gasteiger charge is -2.23. The van der Waals surface area contributed by atoms with Crippen LogP contribution in [0.2, 0.25) is 0 Å². The average Bonchev–Trinajstić information content (AvgIpc) is 2.98. The molecule has 0 saturated carbocycles. The summed E-state index contributed by atoms with van der Waals surface area (Å²) in [5, 5.41) is 11.9. The maximum absolute atomic E-state index is 12.1. The summed E-state index contributed by atoms with van der Waals surface area (Å²) in [6.07, 6.45) is -0.167. The molecule has 1 aliphatic carbocycles. The number of fused-ring (bicyclic) bond motifs is 3. The molecule has 0 heterocycles. The molecule has 1 amide bonds. The third-order valence-electron chi connectivity index (χ3n) is 5.26. The van der Waals surface area contributed by atoms with E-state index < -0.39 is 17.5 Å². The molecule has 0 bridgehead atoms. The minimum absolute atomic E-state index is 0.00909. The minimum atomic E-state index is -0.994. The Morgan fingerprint density at radius 1 is 1.08 bits per heavy atom. The number of alkyl carbamates (subject to hydrolysis) is 1. The molecule has 5 nitrogen and oxygen atoms in total. The molecule has 136 valence electrons. The maximum atomic E-state index is 12.1. The number of hydrogen-bond acceptors (Lipinski definition) is 3. The maximum Gasteiger partial charge on any atom is 0.407 e. The van der Waals surface area contributed by atoms with E-state index in [4.69, 9.17) is 4.74 Å². The molecule has 0 radical (unpaired) electrons. The van der Waals surface area contributed by atoms with E-state index in [1.165, 1.54) is 11.1 Å². The molecular weight excluding hydrogens is 330 g/mol. The van der Waals surface area contributed by atoms with E-state index in [-0.39, 0.29) is 19.1 Å². The molecule has 2 aromatic carbocycles. The van der Waals surface area contributed by atoms with E-state index in [9.17, 15) is 14.7 Å². The van der Waals surface area contributed by atoms with E-state index in [2.05, 4.69) is 29.6 Å². The van der Waals surface area contributed by atoms with Gasteiger partial charge in [0, 0.05) is 12.5 Å². The van der Waals surface area contributed by atoms with E-state index in [0.29, 0.717) is 6.42 Å². The van der Waals surface area contributed by atoms with Gasteiger partial charge >= 0.3 is 12.1 Å². The average molecular weight is 353 g/mol. The first-order valence-electron chi connectivity index (χ1n) is 8.78. The van der Waals surface area contributed by atoms with Gasteiger partial charge in [-0.1, -0.05) is 55.5 Å². The van der Waals surface area contributed by atoms with Gasteiger partial charge in [0.15, 0.2) is 0 Å². The van der Waals surface area contributed by atoms with Crippen molar-refractivity contribution in [2.75, 3.05) is 13.2 Å². The second-order valence-corrected chi connectivity index (χ2v) is 6.90. The van der Waals surface area contributed by atoms with Crippen LogP contribution >= 0.6 is 0 Å². The standard InChI is InChI=1S/C21H23NO4/c1-3-21(2,19(23)24)13-22-20(25)26-12-18-16-10-6-4-8-14(16)15-9-5-7-11-17(15)18/h4-11,18H,3,12-13H2,1-2H3,(H,22,25)(H,23,24). The first-order chi connectivity index (χ1) is 12.5. The van der Waals surface area contributed by atoms with Gasteiger partial charge in [-0.2, -0.15) is 0 Å². The molecule has 0 spiro atoms. The van der Waals surface area contributed by atoms with Crippen LogP contribution in [0.4, 0.5) is 4.79 Å². The second kappa shape index (κ2) is 7.20. The van der Waals surface area contributed by atoms with Gasteiger partial charge in [0.2, 0.25) is 0 Å². The van der Waals surface area contributed by atoms with Crippen molar-refractivity contribution in [2.45, 2.75) is 26.2 Å². The van der Waals surface area contributed by atoms with Crippen molar-refractivity contribution in [2.24, 2.45) is 5.41 Å². The van der Waals surface area contributed by atoms with Gasteiger partial charge in [-0.25, -0.2) is 4.79 Å². The first-order valence-corrected chi connectivity index (χ1v) is 8.78. The number of carbonyl (C=O) groups excluding carboxylic acids is 1. The van der Waals surface area contributed by atoms with E-state index >= 15 is 0 Å². The van der Waals surface area contributed by atoms with Crippen LogP contribution in [0.25, 0.3) is 11.1 Å². The highest BCUT2D eigenvalue weighted by Gasteiger charge is 2.32. The molecule has 2 aromatic rings. The number of hydrogen-bond donors (Lipinski definition) is 2. The van der Waals surface area contributed by atoms with Gasteiger partial charge in [-0.15, -0.1) is 0 Å². The molecule has 0 fully saturated rings. The summed E-state index contributed by atoms with van der Waals surface area (Å²) in [6, 6.07) is 16.2. The number of carbonyl (C=O) groups is 2. The Bertz CT molecular complexity index is 787. The summed E-state index contributed by atoms with van der Waals surface area (Å²) in [6.45, 7) is 3.65. The van der Waals surface area contributed by atoms with Crippen LogP contribution in [0.15, 0.2) is 48.5 Å². The summed E-state index contributed by atoms with van der Waals surface area (Å²) in [5.41, 5.74) is 3.63. The van der Waals surface area contributed by atoms with Crippen molar-refractivity contribution in [3.63, 3.8) is 0 Å². The highest BCUT2D eigenvalue weighted by atomic mass is 16.5. The van der Waals surface area contributed by atoms with Crippen LogP contribution in [0, 0.1) is 5.41 Å². The fourth-order valence-electron chi connectivity index (χ4n) is 3.27. The molecule has 1 unspecified atom stereocenters. The second-order valence-electron chi connectivity index (χ2n) is 6.90. The van der Waals surface area contributed by atoms with Gasteiger partial charge in [-0.3, -0.25) is 4.79 Å². The normalized spacial score (nSPS) is 14.8. The number of rotatable bonds is 6. The zero-order valence-electron chi connectivity index (χ0n) is 15.0. The Kier molecular flexibility index (Phi) is 4.98. The van der Waals surface area contributed by atoms with E-state index in [1.54, 1.807) is 13.8 Å². The zero-order valence-corrected chi connectivity index (χ0v) is 15.0. The summed E-state index contributed by atoms with van der Waals surface area (Å²) >= 11 is 0. The predicted octanol–water partition coefficient (Wildman–Crippen LogP) is 4.03. The van der Waals surface area contributed by atoms with Crippen molar-refractivity contribution in [1.29, 1.82) is 0 Å². The fraction of sp³-hybridized carbons (Fsp3) is 0.333. The summed E-state index contributed by atoms with van der Waals surface area (Å²) in [4.78, 5) is 23.4. The van der Waals surface area contributed by atoms with Gasteiger partial charge < -0.3 is 15.2 Å². The molecular formula is C21H23NO4. The van der Waals surface area contributed by atoms with Gasteiger partial charge in [0.1, 0.15) is 6.61 Å². The number of nitrogens with one attached hydrogen (secondary N) is 1. The van der Waals surface area contributed by atoms with Crippen molar-refractivity contribution >= 4 is 12.1 Å². The Labute approximate surface area is 153 Å². The van der Waals surface area contributed by atoms with Crippen molar-refractivity contribution < 1.29 is 19.4 Å². The van der Waals surface area contributed by atoms with E-state index in [1.807, 2.05) is 24.3 Å². The molecule has 26 heavy (non-hydrogen) atoms. The Morgan fingerprint density at radius 2 is 1.62 bits per heavy atom. The highest BCUT2D eigenvalue weighted by Crippen LogP contribution is 2.44. The van der Waals surface area contributed by atoms with Crippen molar-refractivity contribution in [3.05, 3.63) is 59.7 Å².